The Morgan fingerprint density at radius 2 is 1.10 bits per heavy atom. The van der Waals surface area contributed by atoms with Gasteiger partial charge < -0.3 is 4.90 Å². The first kappa shape index (κ1) is 44.5. The maximum atomic E-state index is 3.24. The number of benzene rings is 8. The standard InChI is InChI=1S/C59H51N.C7H8/c1-5-6-7-8-16-38-59(49-22-17-18-42(2)39-49)57-25-15-14-24-54(57)55-37-36-52(41-58(55)59)60(50-32-28-46(29-33-50)45-20-10-9-11-21-45)51-34-30-47(31-35-51)48-27-26-44(4)56(40-48)53-23-13-12-19-43(53)3;1-7-5-3-2-4-6-7/h5,7-17,19-37,39-42H,18,38H2,1-4H3;2-6H,1H3/b16-8-;. The lowest BCUT2D eigenvalue weighted by Gasteiger charge is -2.36. The molecule has 8 aromatic rings. The normalized spacial score (nSPS) is 15.7. The van der Waals surface area contributed by atoms with Gasteiger partial charge in [0.2, 0.25) is 0 Å². The molecular weight excluding hydrogens is 807 g/mol. The van der Waals surface area contributed by atoms with Crippen LogP contribution in [0.5, 0.6) is 0 Å². The molecule has 2 unspecified atom stereocenters. The van der Waals surface area contributed by atoms with E-state index in [1.807, 2.05) is 37.3 Å². The van der Waals surface area contributed by atoms with Crippen LogP contribution in [-0.2, 0) is 5.41 Å². The SMILES string of the molecule is CC=C=C/C=C\CC1(C2=CC(C)CC=C2)c2ccccc2-c2ccc(N(c3ccc(-c4ccccc4)cc3)c3ccc(-c4ccc(C)c(-c5ccccc5C)c4)cc3)cc21.Cc1ccccc1. The molecule has 0 aliphatic heterocycles. The third kappa shape index (κ3) is 9.39. The van der Waals surface area contributed by atoms with E-state index in [-0.39, 0.29) is 5.41 Å². The van der Waals surface area contributed by atoms with Crippen molar-refractivity contribution in [1.29, 1.82) is 0 Å². The molecule has 0 fully saturated rings. The number of aryl methyl sites for hydroxylation is 3. The second-order valence-electron chi connectivity index (χ2n) is 18.0. The van der Waals surface area contributed by atoms with Gasteiger partial charge in [-0.25, -0.2) is 0 Å². The first-order valence-electron chi connectivity index (χ1n) is 23.7. The number of allylic oxidation sites excluding steroid dienone is 7. The second-order valence-corrected chi connectivity index (χ2v) is 18.0. The minimum atomic E-state index is -0.347. The van der Waals surface area contributed by atoms with E-state index < -0.39 is 0 Å². The van der Waals surface area contributed by atoms with Crippen molar-refractivity contribution in [2.45, 2.75) is 52.9 Å². The number of hydrogen-bond donors (Lipinski definition) is 0. The van der Waals surface area contributed by atoms with Gasteiger partial charge in [-0.05, 0) is 173 Å². The fraction of sp³-hybridized carbons (Fsp3) is 0.136. The Hall–Kier alpha value is -7.70. The van der Waals surface area contributed by atoms with Crippen molar-refractivity contribution in [3.05, 3.63) is 276 Å². The summed E-state index contributed by atoms with van der Waals surface area (Å²) in [6, 6.07) is 70.8. The van der Waals surface area contributed by atoms with E-state index in [9.17, 15) is 0 Å². The van der Waals surface area contributed by atoms with Crippen LogP contribution >= 0.6 is 0 Å². The number of fused-ring (bicyclic) bond motifs is 3. The van der Waals surface area contributed by atoms with Gasteiger partial charge in [0.05, 0.1) is 0 Å². The predicted octanol–water partition coefficient (Wildman–Crippen LogP) is 18.2. The minimum Gasteiger partial charge on any atom is -0.310 e. The van der Waals surface area contributed by atoms with E-state index in [0.29, 0.717) is 5.92 Å². The van der Waals surface area contributed by atoms with Crippen LogP contribution in [0.3, 0.4) is 0 Å². The number of anilines is 3. The maximum absolute atomic E-state index is 3.24. The fourth-order valence-corrected chi connectivity index (χ4v) is 9.92. The smallest absolute Gasteiger partial charge is 0.0495 e. The molecule has 0 spiro atoms. The highest BCUT2D eigenvalue weighted by atomic mass is 15.1. The Bertz CT molecular complexity index is 3140. The fourth-order valence-electron chi connectivity index (χ4n) is 9.92. The van der Waals surface area contributed by atoms with Crippen molar-refractivity contribution >= 4 is 17.1 Å². The molecule has 2 atom stereocenters. The Labute approximate surface area is 399 Å². The summed E-state index contributed by atoms with van der Waals surface area (Å²) < 4.78 is 0. The number of hydrogen-bond acceptors (Lipinski definition) is 1. The highest BCUT2D eigenvalue weighted by Gasteiger charge is 2.45. The highest BCUT2D eigenvalue weighted by molar-refractivity contribution is 5.89. The number of nitrogens with zero attached hydrogens (tertiary/aromatic N) is 1. The zero-order valence-corrected chi connectivity index (χ0v) is 39.5. The number of rotatable bonds is 10. The van der Waals surface area contributed by atoms with Gasteiger partial charge in [0.1, 0.15) is 0 Å². The average molecular weight is 866 g/mol. The van der Waals surface area contributed by atoms with E-state index >= 15 is 0 Å². The summed E-state index contributed by atoms with van der Waals surface area (Å²) in [6.45, 7) is 10.8. The molecule has 0 bridgehead atoms. The molecule has 0 saturated heterocycles. The topological polar surface area (TPSA) is 3.24 Å². The largest absolute Gasteiger partial charge is 0.310 e. The Kier molecular flexibility index (Phi) is 13.4. The molecule has 2 aliphatic rings. The molecule has 2 aliphatic carbocycles. The van der Waals surface area contributed by atoms with Crippen molar-refractivity contribution in [2.75, 3.05) is 4.90 Å². The van der Waals surface area contributed by atoms with Crippen molar-refractivity contribution in [3.8, 4) is 44.5 Å². The average Bonchev–Trinajstić information content (AvgIpc) is 3.65. The van der Waals surface area contributed by atoms with Crippen LogP contribution in [0.1, 0.15) is 54.5 Å². The third-order valence-corrected chi connectivity index (χ3v) is 13.4. The Morgan fingerprint density at radius 1 is 0.537 bits per heavy atom. The van der Waals surface area contributed by atoms with E-state index in [1.165, 1.54) is 77.9 Å². The van der Waals surface area contributed by atoms with Crippen LogP contribution in [0.4, 0.5) is 17.1 Å². The van der Waals surface area contributed by atoms with Gasteiger partial charge in [-0.3, -0.25) is 0 Å². The Morgan fingerprint density at radius 3 is 1.76 bits per heavy atom. The van der Waals surface area contributed by atoms with Gasteiger partial charge >= 0.3 is 0 Å². The Balaban J connectivity index is 0.000000737. The molecule has 10 rings (SSSR count). The van der Waals surface area contributed by atoms with E-state index in [2.05, 4.69) is 245 Å². The lowest BCUT2D eigenvalue weighted by molar-refractivity contribution is 0.615. The van der Waals surface area contributed by atoms with E-state index in [4.69, 9.17) is 0 Å². The molecule has 0 aromatic heterocycles. The molecule has 0 heterocycles. The molecule has 67 heavy (non-hydrogen) atoms. The quantitative estimate of drug-likeness (QED) is 0.0978. The van der Waals surface area contributed by atoms with Crippen molar-refractivity contribution in [1.82, 2.24) is 0 Å². The zero-order valence-electron chi connectivity index (χ0n) is 39.5. The molecule has 0 radical (unpaired) electrons. The van der Waals surface area contributed by atoms with Crippen LogP contribution in [0.25, 0.3) is 44.5 Å². The summed E-state index contributed by atoms with van der Waals surface area (Å²) in [5.74, 6) is 0.465. The molecule has 328 valence electrons. The molecular formula is C66H59N. The van der Waals surface area contributed by atoms with E-state index in [1.54, 1.807) is 0 Å². The second kappa shape index (κ2) is 20.2. The molecule has 0 N–H and O–H groups in total. The molecule has 0 amide bonds. The monoisotopic (exact) mass is 865 g/mol. The lowest BCUT2D eigenvalue weighted by atomic mass is 9.67. The third-order valence-electron chi connectivity index (χ3n) is 13.4. The predicted molar refractivity (Wildman–Crippen MR) is 287 cm³/mol. The molecule has 0 saturated carbocycles. The van der Waals surface area contributed by atoms with E-state index in [0.717, 1.165) is 29.9 Å². The summed E-state index contributed by atoms with van der Waals surface area (Å²) in [4.78, 5) is 2.43. The lowest BCUT2D eigenvalue weighted by Crippen LogP contribution is -2.28. The van der Waals surface area contributed by atoms with Gasteiger partial charge in [-0.2, -0.15) is 0 Å². The minimum absolute atomic E-state index is 0.347. The summed E-state index contributed by atoms with van der Waals surface area (Å²) in [7, 11) is 0. The van der Waals surface area contributed by atoms with Crippen molar-refractivity contribution in [3.63, 3.8) is 0 Å². The molecule has 1 heteroatoms. The van der Waals surface area contributed by atoms with Crippen molar-refractivity contribution < 1.29 is 0 Å². The highest BCUT2D eigenvalue weighted by Crippen LogP contribution is 2.57. The van der Waals surface area contributed by atoms with Gasteiger partial charge in [0.15, 0.2) is 0 Å². The van der Waals surface area contributed by atoms with Crippen LogP contribution in [0, 0.1) is 26.7 Å². The van der Waals surface area contributed by atoms with Crippen molar-refractivity contribution in [2.24, 2.45) is 5.92 Å². The molecule has 8 aromatic carbocycles. The van der Waals surface area contributed by atoms with Crippen LogP contribution < -0.4 is 4.90 Å². The van der Waals surface area contributed by atoms with Crippen LogP contribution in [0.15, 0.2) is 248 Å². The first-order valence-corrected chi connectivity index (χ1v) is 23.7. The van der Waals surface area contributed by atoms with Gasteiger partial charge in [0, 0.05) is 22.5 Å². The van der Waals surface area contributed by atoms with Gasteiger partial charge in [-0.15, -0.1) is 5.73 Å². The summed E-state index contributed by atoms with van der Waals surface area (Å²) in [6.07, 6.45) is 17.6. The summed E-state index contributed by atoms with van der Waals surface area (Å²) in [5, 5.41) is 0. The van der Waals surface area contributed by atoms with Gasteiger partial charge in [0.25, 0.3) is 0 Å². The first-order chi connectivity index (χ1) is 32.8. The van der Waals surface area contributed by atoms with Crippen LogP contribution in [0.2, 0.25) is 0 Å². The molecule has 1 nitrogen and oxygen atoms in total. The van der Waals surface area contributed by atoms with Gasteiger partial charge in [-0.1, -0.05) is 195 Å². The zero-order chi connectivity index (χ0) is 46.2. The summed E-state index contributed by atoms with van der Waals surface area (Å²) in [5.41, 5.74) is 24.2. The maximum Gasteiger partial charge on any atom is 0.0495 e. The summed E-state index contributed by atoms with van der Waals surface area (Å²) >= 11 is 0. The van der Waals surface area contributed by atoms with Crippen LogP contribution in [-0.4, -0.2) is 0 Å².